The highest BCUT2D eigenvalue weighted by atomic mass is 35.5. The lowest BCUT2D eigenvalue weighted by Gasteiger charge is -2.32. The standard InChI is InChI=1S/C20H23Cl2NO.C4H4O4/c21-19-6-3-16(13-20(19)22)14-23-10-7-18(8-11-23)17-4-1-15(2-5-17)9-12-24;5-3(6)1-2-4(7)8/h1-6,13,18,24H,7-12,14H2;1-2H,(H,5,6)(H,7,8)/b;2-1+. The van der Waals surface area contributed by atoms with E-state index in [0.29, 0.717) is 28.1 Å². The zero-order valence-corrected chi connectivity index (χ0v) is 19.1. The van der Waals surface area contributed by atoms with Crippen molar-refractivity contribution in [3.05, 3.63) is 81.4 Å². The van der Waals surface area contributed by atoms with Crippen molar-refractivity contribution in [3.63, 3.8) is 0 Å². The summed E-state index contributed by atoms with van der Waals surface area (Å²) in [5.74, 6) is -1.88. The van der Waals surface area contributed by atoms with Crippen LogP contribution in [0.15, 0.2) is 54.6 Å². The van der Waals surface area contributed by atoms with Gasteiger partial charge in [-0.2, -0.15) is 0 Å². The second kappa shape index (κ2) is 13.2. The second-order valence-electron chi connectivity index (χ2n) is 7.52. The van der Waals surface area contributed by atoms with E-state index in [4.69, 9.17) is 38.5 Å². The fourth-order valence-corrected chi connectivity index (χ4v) is 3.87. The van der Waals surface area contributed by atoms with Crippen LogP contribution in [-0.2, 0) is 22.6 Å². The molecule has 0 saturated carbocycles. The average Bonchev–Trinajstić information content (AvgIpc) is 2.77. The van der Waals surface area contributed by atoms with Crippen molar-refractivity contribution in [1.29, 1.82) is 0 Å². The van der Waals surface area contributed by atoms with E-state index < -0.39 is 11.9 Å². The summed E-state index contributed by atoms with van der Waals surface area (Å²) >= 11 is 12.1. The number of halogens is 2. The monoisotopic (exact) mass is 479 g/mol. The maximum Gasteiger partial charge on any atom is 0.328 e. The Morgan fingerprint density at radius 1 is 0.906 bits per heavy atom. The minimum Gasteiger partial charge on any atom is -0.478 e. The molecular formula is C24H27Cl2NO5. The molecule has 0 unspecified atom stereocenters. The molecule has 0 atom stereocenters. The van der Waals surface area contributed by atoms with Gasteiger partial charge in [-0.15, -0.1) is 0 Å². The summed E-state index contributed by atoms with van der Waals surface area (Å²) in [6.07, 6.45) is 4.22. The summed E-state index contributed by atoms with van der Waals surface area (Å²) in [6.45, 7) is 3.35. The van der Waals surface area contributed by atoms with E-state index in [1.165, 1.54) is 29.5 Å². The van der Waals surface area contributed by atoms with Crippen molar-refractivity contribution < 1.29 is 24.9 Å². The molecule has 0 spiro atoms. The molecule has 0 radical (unpaired) electrons. The van der Waals surface area contributed by atoms with Crippen molar-refractivity contribution in [2.75, 3.05) is 19.7 Å². The van der Waals surface area contributed by atoms with Crippen LogP contribution in [0.4, 0.5) is 0 Å². The topological polar surface area (TPSA) is 98.1 Å². The number of aliphatic carboxylic acids is 2. The Labute approximate surface area is 197 Å². The van der Waals surface area contributed by atoms with E-state index in [2.05, 4.69) is 35.2 Å². The first kappa shape index (κ1) is 25.9. The van der Waals surface area contributed by atoms with Gasteiger partial charge in [-0.05, 0) is 67.1 Å². The first-order valence-electron chi connectivity index (χ1n) is 10.3. The number of hydrogen-bond donors (Lipinski definition) is 3. The summed E-state index contributed by atoms with van der Waals surface area (Å²) < 4.78 is 0. The first-order chi connectivity index (χ1) is 15.3. The number of aliphatic hydroxyl groups excluding tert-OH is 1. The van der Waals surface area contributed by atoms with Crippen molar-refractivity contribution in [3.8, 4) is 0 Å². The van der Waals surface area contributed by atoms with Crippen LogP contribution in [0.3, 0.4) is 0 Å². The summed E-state index contributed by atoms with van der Waals surface area (Å²) in [5, 5.41) is 25.9. The molecular weight excluding hydrogens is 453 g/mol. The van der Waals surface area contributed by atoms with E-state index in [0.717, 1.165) is 26.1 Å². The molecule has 0 amide bonds. The Kier molecular flexibility index (Phi) is 10.7. The van der Waals surface area contributed by atoms with Crippen LogP contribution in [0, 0.1) is 0 Å². The van der Waals surface area contributed by atoms with Gasteiger partial charge in [0.05, 0.1) is 10.0 Å². The first-order valence-corrected chi connectivity index (χ1v) is 11.0. The molecule has 1 aliphatic rings. The molecule has 0 bridgehead atoms. The number of aliphatic hydroxyl groups is 1. The van der Waals surface area contributed by atoms with E-state index in [1.54, 1.807) is 0 Å². The molecule has 0 aliphatic carbocycles. The van der Waals surface area contributed by atoms with Gasteiger partial charge in [0.2, 0.25) is 0 Å². The fourth-order valence-electron chi connectivity index (χ4n) is 3.55. The highest BCUT2D eigenvalue weighted by Gasteiger charge is 2.20. The number of hydrogen-bond acceptors (Lipinski definition) is 4. The lowest BCUT2D eigenvalue weighted by atomic mass is 9.88. The predicted octanol–water partition coefficient (Wildman–Crippen LogP) is 4.62. The van der Waals surface area contributed by atoms with Gasteiger partial charge >= 0.3 is 11.9 Å². The normalized spacial score (nSPS) is 14.7. The molecule has 3 rings (SSSR count). The smallest absolute Gasteiger partial charge is 0.328 e. The van der Waals surface area contributed by atoms with Crippen LogP contribution in [0.5, 0.6) is 0 Å². The Morgan fingerprint density at radius 3 is 1.97 bits per heavy atom. The SMILES string of the molecule is O=C(O)/C=C/C(=O)O.OCCc1ccc(C2CCN(Cc3ccc(Cl)c(Cl)c3)CC2)cc1. The molecule has 1 heterocycles. The van der Waals surface area contributed by atoms with Gasteiger partial charge in [0.15, 0.2) is 0 Å². The largest absolute Gasteiger partial charge is 0.478 e. The maximum atomic E-state index is 9.55. The van der Waals surface area contributed by atoms with Gasteiger partial charge in [-0.25, -0.2) is 9.59 Å². The lowest BCUT2D eigenvalue weighted by Crippen LogP contribution is -2.32. The minimum atomic E-state index is -1.26. The number of carboxylic acid groups (broad SMARTS) is 2. The number of rotatable bonds is 7. The molecule has 2 aromatic rings. The fraction of sp³-hybridized carbons (Fsp3) is 0.333. The molecule has 8 heteroatoms. The third-order valence-corrected chi connectivity index (χ3v) is 5.94. The lowest BCUT2D eigenvalue weighted by molar-refractivity contribution is -0.134. The van der Waals surface area contributed by atoms with Gasteiger partial charge in [-0.3, -0.25) is 4.90 Å². The molecule has 3 N–H and O–H groups in total. The molecule has 2 aromatic carbocycles. The Morgan fingerprint density at radius 2 is 1.47 bits per heavy atom. The van der Waals surface area contributed by atoms with Crippen molar-refractivity contribution >= 4 is 35.1 Å². The number of carbonyl (C=O) groups is 2. The number of likely N-dealkylation sites (tertiary alicyclic amines) is 1. The van der Waals surface area contributed by atoms with Crippen molar-refractivity contribution in [2.24, 2.45) is 0 Å². The zero-order valence-electron chi connectivity index (χ0n) is 17.6. The number of carboxylic acids is 2. The Bertz CT molecular complexity index is 906. The maximum absolute atomic E-state index is 9.55. The van der Waals surface area contributed by atoms with Crippen molar-refractivity contribution in [2.45, 2.75) is 31.7 Å². The zero-order chi connectivity index (χ0) is 23.5. The van der Waals surface area contributed by atoms with Crippen LogP contribution in [0.2, 0.25) is 10.0 Å². The van der Waals surface area contributed by atoms with Gasteiger partial charge in [0.1, 0.15) is 0 Å². The summed E-state index contributed by atoms with van der Waals surface area (Å²) in [7, 11) is 0. The quantitative estimate of drug-likeness (QED) is 0.501. The van der Waals surface area contributed by atoms with E-state index in [1.807, 2.05) is 12.1 Å². The second-order valence-corrected chi connectivity index (χ2v) is 8.34. The van der Waals surface area contributed by atoms with Gasteiger partial charge in [0.25, 0.3) is 0 Å². The van der Waals surface area contributed by atoms with E-state index >= 15 is 0 Å². The van der Waals surface area contributed by atoms with Crippen LogP contribution < -0.4 is 0 Å². The Hall–Kier alpha value is -2.38. The van der Waals surface area contributed by atoms with Crippen LogP contribution in [-0.4, -0.2) is 51.9 Å². The molecule has 6 nitrogen and oxygen atoms in total. The number of piperidine rings is 1. The van der Waals surface area contributed by atoms with Crippen molar-refractivity contribution in [1.82, 2.24) is 4.90 Å². The summed E-state index contributed by atoms with van der Waals surface area (Å²) in [6, 6.07) is 14.6. The van der Waals surface area contributed by atoms with E-state index in [9.17, 15) is 9.59 Å². The Balaban J connectivity index is 0.000000390. The molecule has 1 aliphatic heterocycles. The predicted molar refractivity (Wildman–Crippen MR) is 125 cm³/mol. The summed E-state index contributed by atoms with van der Waals surface area (Å²) in [5.41, 5.74) is 3.85. The van der Waals surface area contributed by atoms with Gasteiger partial charge < -0.3 is 15.3 Å². The third-order valence-electron chi connectivity index (χ3n) is 5.20. The highest BCUT2D eigenvalue weighted by Crippen LogP contribution is 2.30. The minimum absolute atomic E-state index is 0.215. The third kappa shape index (κ3) is 9.01. The van der Waals surface area contributed by atoms with Crippen LogP contribution >= 0.6 is 23.2 Å². The molecule has 1 saturated heterocycles. The van der Waals surface area contributed by atoms with Crippen LogP contribution in [0.25, 0.3) is 0 Å². The molecule has 172 valence electrons. The van der Waals surface area contributed by atoms with Crippen LogP contribution in [0.1, 0.15) is 35.4 Å². The highest BCUT2D eigenvalue weighted by molar-refractivity contribution is 6.42. The molecule has 1 fully saturated rings. The van der Waals surface area contributed by atoms with E-state index in [-0.39, 0.29) is 6.61 Å². The number of nitrogens with zero attached hydrogens (tertiary/aromatic N) is 1. The number of benzene rings is 2. The molecule has 0 aromatic heterocycles. The van der Waals surface area contributed by atoms with Gasteiger partial charge in [-0.1, -0.05) is 53.5 Å². The van der Waals surface area contributed by atoms with Gasteiger partial charge in [0, 0.05) is 25.3 Å². The molecule has 32 heavy (non-hydrogen) atoms. The summed E-state index contributed by atoms with van der Waals surface area (Å²) in [4.78, 5) is 21.6. The average molecular weight is 480 g/mol.